The van der Waals surface area contributed by atoms with Crippen molar-refractivity contribution >= 4 is 17.5 Å². The Kier molecular flexibility index (Phi) is 3.20. The summed E-state index contributed by atoms with van der Waals surface area (Å²) in [7, 11) is 0. The van der Waals surface area contributed by atoms with Gasteiger partial charge < -0.3 is 5.32 Å². The zero-order chi connectivity index (χ0) is 13.9. The summed E-state index contributed by atoms with van der Waals surface area (Å²) in [6.07, 6.45) is 4.34. The molecule has 0 bridgehead atoms. The first-order valence-corrected chi connectivity index (χ1v) is 6.43. The van der Waals surface area contributed by atoms with E-state index >= 15 is 0 Å². The molecule has 1 unspecified atom stereocenters. The van der Waals surface area contributed by atoms with Crippen molar-refractivity contribution in [1.82, 2.24) is 15.1 Å². The Labute approximate surface area is 115 Å². The Bertz CT molecular complexity index is 636. The summed E-state index contributed by atoms with van der Waals surface area (Å²) in [5.41, 5.74) is 1.70. The van der Waals surface area contributed by atoms with Crippen molar-refractivity contribution in [2.45, 2.75) is 18.9 Å². The van der Waals surface area contributed by atoms with Crippen molar-refractivity contribution < 1.29 is 9.59 Å². The summed E-state index contributed by atoms with van der Waals surface area (Å²) < 4.78 is 1.73. The number of carbonyl (C=O) groups is 2. The number of hydrogen-bond donors (Lipinski definition) is 2. The summed E-state index contributed by atoms with van der Waals surface area (Å²) in [5, 5.41) is 9.66. The van der Waals surface area contributed by atoms with E-state index < -0.39 is 0 Å². The van der Waals surface area contributed by atoms with E-state index in [4.69, 9.17) is 0 Å². The highest BCUT2D eigenvalue weighted by Gasteiger charge is 2.26. The smallest absolute Gasteiger partial charge is 0.249 e. The van der Waals surface area contributed by atoms with Crippen LogP contribution in [0, 0.1) is 0 Å². The van der Waals surface area contributed by atoms with Crippen LogP contribution in [0.3, 0.4) is 0 Å². The van der Waals surface area contributed by atoms with Gasteiger partial charge in [-0.3, -0.25) is 14.9 Å². The molecule has 2 aromatic rings. The van der Waals surface area contributed by atoms with E-state index in [-0.39, 0.29) is 17.9 Å². The standard InChI is InChI=1S/C14H14N4O2/c19-13-7-6-12(14(20)17-13)16-10-8-15-18(9-10)11-4-2-1-3-5-11/h1-5,8-9,12,16H,6-7H2,(H,17,19,20). The van der Waals surface area contributed by atoms with Gasteiger partial charge in [0.25, 0.3) is 0 Å². The lowest BCUT2D eigenvalue weighted by atomic mass is 10.1. The largest absolute Gasteiger partial charge is 0.371 e. The lowest BCUT2D eigenvalue weighted by Gasteiger charge is -2.21. The molecule has 1 atom stereocenters. The molecule has 1 aromatic carbocycles. The number of imide groups is 1. The molecule has 2 heterocycles. The van der Waals surface area contributed by atoms with Crippen LogP contribution in [0.1, 0.15) is 12.8 Å². The van der Waals surface area contributed by atoms with Gasteiger partial charge in [-0.25, -0.2) is 4.68 Å². The monoisotopic (exact) mass is 270 g/mol. The van der Waals surface area contributed by atoms with Crippen molar-refractivity contribution in [2.75, 3.05) is 5.32 Å². The van der Waals surface area contributed by atoms with Crippen LogP contribution in [0.5, 0.6) is 0 Å². The number of benzene rings is 1. The number of piperidine rings is 1. The summed E-state index contributed by atoms with van der Waals surface area (Å²) >= 11 is 0. The molecule has 102 valence electrons. The highest BCUT2D eigenvalue weighted by molar-refractivity contribution is 6.01. The zero-order valence-corrected chi connectivity index (χ0v) is 10.7. The van der Waals surface area contributed by atoms with Crippen LogP contribution >= 0.6 is 0 Å². The first-order chi connectivity index (χ1) is 9.72. The fourth-order valence-corrected chi connectivity index (χ4v) is 2.15. The van der Waals surface area contributed by atoms with Gasteiger partial charge in [0.2, 0.25) is 11.8 Å². The van der Waals surface area contributed by atoms with E-state index in [0.29, 0.717) is 12.8 Å². The zero-order valence-electron chi connectivity index (χ0n) is 10.7. The van der Waals surface area contributed by atoms with Gasteiger partial charge in [0.1, 0.15) is 6.04 Å². The average Bonchev–Trinajstić information content (AvgIpc) is 2.92. The third-order valence-electron chi connectivity index (χ3n) is 3.18. The number of carbonyl (C=O) groups excluding carboxylic acids is 2. The van der Waals surface area contributed by atoms with Crippen LogP contribution in [0.2, 0.25) is 0 Å². The molecule has 1 aromatic heterocycles. The second kappa shape index (κ2) is 5.16. The number of nitrogens with zero attached hydrogens (tertiary/aromatic N) is 2. The van der Waals surface area contributed by atoms with E-state index in [9.17, 15) is 9.59 Å². The van der Waals surface area contributed by atoms with Crippen molar-refractivity contribution in [3.05, 3.63) is 42.7 Å². The van der Waals surface area contributed by atoms with E-state index in [2.05, 4.69) is 15.7 Å². The summed E-state index contributed by atoms with van der Waals surface area (Å²) in [4.78, 5) is 22.7. The number of rotatable bonds is 3. The maximum atomic E-state index is 11.7. The fourth-order valence-electron chi connectivity index (χ4n) is 2.15. The minimum Gasteiger partial charge on any atom is -0.371 e. The van der Waals surface area contributed by atoms with Crippen LogP contribution in [-0.4, -0.2) is 27.6 Å². The Morgan fingerprint density at radius 2 is 2.05 bits per heavy atom. The Morgan fingerprint density at radius 1 is 1.25 bits per heavy atom. The van der Waals surface area contributed by atoms with Gasteiger partial charge in [-0.2, -0.15) is 5.10 Å². The van der Waals surface area contributed by atoms with E-state index in [0.717, 1.165) is 11.4 Å². The second-order valence-corrected chi connectivity index (χ2v) is 4.66. The third-order valence-corrected chi connectivity index (χ3v) is 3.18. The van der Waals surface area contributed by atoms with Gasteiger partial charge in [0.05, 0.1) is 23.8 Å². The predicted molar refractivity (Wildman–Crippen MR) is 73.4 cm³/mol. The quantitative estimate of drug-likeness (QED) is 0.819. The van der Waals surface area contributed by atoms with E-state index in [1.807, 2.05) is 36.5 Å². The molecule has 3 rings (SSSR count). The number of nitrogens with one attached hydrogen (secondary N) is 2. The molecule has 6 heteroatoms. The molecule has 20 heavy (non-hydrogen) atoms. The first kappa shape index (κ1) is 12.4. The van der Waals surface area contributed by atoms with Gasteiger partial charge in [0.15, 0.2) is 0 Å². The predicted octanol–water partition coefficient (Wildman–Crippen LogP) is 1.09. The van der Waals surface area contributed by atoms with Crippen LogP contribution in [-0.2, 0) is 9.59 Å². The Morgan fingerprint density at radius 3 is 2.80 bits per heavy atom. The number of hydrogen-bond acceptors (Lipinski definition) is 4. The molecule has 0 radical (unpaired) electrons. The van der Waals surface area contributed by atoms with Crippen molar-refractivity contribution in [3.8, 4) is 5.69 Å². The van der Waals surface area contributed by atoms with Crippen molar-refractivity contribution in [1.29, 1.82) is 0 Å². The van der Waals surface area contributed by atoms with Gasteiger partial charge in [0, 0.05) is 6.42 Å². The summed E-state index contributed by atoms with van der Waals surface area (Å²) in [6.45, 7) is 0. The molecule has 2 amide bonds. The van der Waals surface area contributed by atoms with Crippen LogP contribution in [0.4, 0.5) is 5.69 Å². The minimum atomic E-state index is -0.388. The third kappa shape index (κ3) is 2.54. The van der Waals surface area contributed by atoms with Gasteiger partial charge in [-0.15, -0.1) is 0 Å². The van der Waals surface area contributed by atoms with Gasteiger partial charge in [-0.1, -0.05) is 18.2 Å². The number of para-hydroxylation sites is 1. The first-order valence-electron chi connectivity index (χ1n) is 6.43. The molecule has 1 saturated heterocycles. The number of anilines is 1. The Hall–Kier alpha value is -2.63. The molecule has 1 aliphatic heterocycles. The second-order valence-electron chi connectivity index (χ2n) is 4.66. The van der Waals surface area contributed by atoms with Gasteiger partial charge in [-0.05, 0) is 18.6 Å². The molecule has 1 aliphatic rings. The highest BCUT2D eigenvalue weighted by Crippen LogP contribution is 2.15. The topological polar surface area (TPSA) is 76.0 Å². The van der Waals surface area contributed by atoms with Crippen molar-refractivity contribution in [2.24, 2.45) is 0 Å². The minimum absolute atomic E-state index is 0.215. The van der Waals surface area contributed by atoms with Crippen molar-refractivity contribution in [3.63, 3.8) is 0 Å². The Balaban J connectivity index is 1.72. The van der Waals surface area contributed by atoms with Crippen LogP contribution in [0.25, 0.3) is 5.69 Å². The number of amides is 2. The summed E-state index contributed by atoms with van der Waals surface area (Å²) in [5.74, 6) is -0.498. The molecular weight excluding hydrogens is 256 g/mol. The molecular formula is C14H14N4O2. The molecule has 2 N–H and O–H groups in total. The normalized spacial score (nSPS) is 18.7. The fraction of sp³-hybridized carbons (Fsp3) is 0.214. The van der Waals surface area contributed by atoms with Gasteiger partial charge >= 0.3 is 0 Å². The van der Waals surface area contributed by atoms with E-state index in [1.165, 1.54) is 0 Å². The summed E-state index contributed by atoms with van der Waals surface area (Å²) in [6, 6.07) is 9.32. The maximum absolute atomic E-state index is 11.7. The average molecular weight is 270 g/mol. The van der Waals surface area contributed by atoms with Crippen LogP contribution < -0.4 is 10.6 Å². The lowest BCUT2D eigenvalue weighted by molar-refractivity contribution is -0.133. The number of aromatic nitrogens is 2. The molecule has 0 aliphatic carbocycles. The van der Waals surface area contributed by atoms with E-state index in [1.54, 1.807) is 10.9 Å². The lowest BCUT2D eigenvalue weighted by Crippen LogP contribution is -2.47. The molecule has 0 spiro atoms. The maximum Gasteiger partial charge on any atom is 0.249 e. The highest BCUT2D eigenvalue weighted by atomic mass is 16.2. The SMILES string of the molecule is O=C1CCC(Nc2cnn(-c3ccccc3)c2)C(=O)N1. The molecule has 6 nitrogen and oxygen atoms in total. The molecule has 0 saturated carbocycles. The van der Waals surface area contributed by atoms with Crippen LogP contribution in [0.15, 0.2) is 42.7 Å². The molecule has 1 fully saturated rings.